The van der Waals surface area contributed by atoms with Crippen molar-refractivity contribution < 1.29 is 14.3 Å². The monoisotopic (exact) mass is 421 g/mol. The van der Waals surface area contributed by atoms with E-state index < -0.39 is 0 Å². The summed E-state index contributed by atoms with van der Waals surface area (Å²) in [6.45, 7) is 10.7. The second kappa shape index (κ2) is 14.9. The van der Waals surface area contributed by atoms with Crippen LogP contribution in [0.4, 0.5) is 0 Å². The van der Waals surface area contributed by atoms with Gasteiger partial charge < -0.3 is 25.0 Å². The van der Waals surface area contributed by atoms with E-state index in [0.717, 1.165) is 44.1 Å². The highest BCUT2D eigenvalue weighted by molar-refractivity contribution is 5.85. The van der Waals surface area contributed by atoms with Crippen LogP contribution in [0.5, 0.6) is 5.75 Å². The average molecular weight is 422 g/mol. The number of carbonyl (C=O) groups is 1. The number of morpholine rings is 1. The number of nitrogens with zero attached hydrogens (tertiary/aromatic N) is 1. The third-order valence-corrected chi connectivity index (χ3v) is 4.41. The molecule has 2 rings (SSSR count). The van der Waals surface area contributed by atoms with Gasteiger partial charge in [-0.15, -0.1) is 24.8 Å². The lowest BCUT2D eigenvalue weighted by atomic mass is 10.1. The molecule has 1 aromatic carbocycles. The molecule has 8 heteroatoms. The Morgan fingerprint density at radius 3 is 2.56 bits per heavy atom. The molecule has 1 atom stereocenters. The molecule has 0 spiro atoms. The number of nitrogens with one attached hydrogen (secondary N) is 2. The molecular formula is C19H33Cl2N3O3. The van der Waals surface area contributed by atoms with Gasteiger partial charge in [0.25, 0.3) is 0 Å². The van der Waals surface area contributed by atoms with Gasteiger partial charge in [-0.25, -0.2) is 0 Å². The number of halogens is 2. The molecule has 1 unspecified atom stereocenters. The lowest BCUT2D eigenvalue weighted by molar-refractivity contribution is -0.122. The third kappa shape index (κ3) is 10.2. The number of rotatable bonds is 10. The van der Waals surface area contributed by atoms with Crippen LogP contribution in [0.15, 0.2) is 24.3 Å². The molecule has 1 aliphatic heterocycles. The fourth-order valence-electron chi connectivity index (χ4n) is 2.78. The predicted octanol–water partition coefficient (Wildman–Crippen LogP) is 2.25. The molecule has 1 aromatic rings. The van der Waals surface area contributed by atoms with E-state index in [9.17, 15) is 4.79 Å². The van der Waals surface area contributed by atoms with Crippen LogP contribution < -0.4 is 15.4 Å². The number of benzene rings is 1. The van der Waals surface area contributed by atoms with Crippen molar-refractivity contribution in [1.82, 2.24) is 15.5 Å². The number of amides is 1. The van der Waals surface area contributed by atoms with Gasteiger partial charge in [-0.2, -0.15) is 0 Å². The van der Waals surface area contributed by atoms with Gasteiger partial charge in [-0.1, -0.05) is 26.0 Å². The number of hydrogen-bond donors (Lipinski definition) is 2. The maximum Gasteiger partial charge on any atom is 0.221 e. The first-order chi connectivity index (χ1) is 12.2. The molecule has 6 nitrogen and oxygen atoms in total. The molecule has 0 aromatic heterocycles. The molecule has 1 aliphatic rings. The molecule has 0 bridgehead atoms. The fraction of sp³-hybridized carbons (Fsp3) is 0.632. The van der Waals surface area contributed by atoms with E-state index in [-0.39, 0.29) is 36.8 Å². The minimum Gasteiger partial charge on any atom is -0.492 e. The van der Waals surface area contributed by atoms with E-state index in [1.807, 2.05) is 24.3 Å². The third-order valence-electron chi connectivity index (χ3n) is 4.41. The Morgan fingerprint density at radius 1 is 1.26 bits per heavy atom. The van der Waals surface area contributed by atoms with Crippen LogP contribution in [-0.4, -0.2) is 62.8 Å². The molecule has 156 valence electrons. The number of hydrogen-bond acceptors (Lipinski definition) is 5. The lowest BCUT2D eigenvalue weighted by Crippen LogP contribution is -2.44. The van der Waals surface area contributed by atoms with Crippen molar-refractivity contribution in [2.45, 2.75) is 32.9 Å². The maximum atomic E-state index is 12.0. The van der Waals surface area contributed by atoms with E-state index in [4.69, 9.17) is 9.47 Å². The summed E-state index contributed by atoms with van der Waals surface area (Å²) >= 11 is 0. The summed E-state index contributed by atoms with van der Waals surface area (Å²) in [5.74, 6) is 0.910. The van der Waals surface area contributed by atoms with Gasteiger partial charge in [0.2, 0.25) is 5.91 Å². The Balaban J connectivity index is 0.00000338. The molecule has 27 heavy (non-hydrogen) atoms. The minimum atomic E-state index is 0. The van der Waals surface area contributed by atoms with E-state index >= 15 is 0 Å². The van der Waals surface area contributed by atoms with Crippen molar-refractivity contribution in [3.63, 3.8) is 0 Å². The fourth-order valence-corrected chi connectivity index (χ4v) is 2.78. The SMILES string of the molecule is CCN(CC)CCOc1ccc(CNC(=O)CC2COCCN2)cc1.Cl.Cl. The largest absolute Gasteiger partial charge is 0.492 e. The summed E-state index contributed by atoms with van der Waals surface area (Å²) in [6.07, 6.45) is 0.451. The Hall–Kier alpha value is -1.05. The Labute approximate surface area is 175 Å². The number of likely N-dealkylation sites (N-methyl/N-ethyl adjacent to an activating group) is 1. The Kier molecular flexibility index (Phi) is 14.4. The topological polar surface area (TPSA) is 62.8 Å². The van der Waals surface area contributed by atoms with Crippen molar-refractivity contribution in [1.29, 1.82) is 0 Å². The molecule has 0 radical (unpaired) electrons. The summed E-state index contributed by atoms with van der Waals surface area (Å²) in [5.41, 5.74) is 1.07. The van der Waals surface area contributed by atoms with E-state index in [2.05, 4.69) is 29.4 Å². The first-order valence-electron chi connectivity index (χ1n) is 9.23. The van der Waals surface area contributed by atoms with Crippen molar-refractivity contribution in [2.24, 2.45) is 0 Å². The van der Waals surface area contributed by atoms with E-state index in [0.29, 0.717) is 26.2 Å². The summed E-state index contributed by atoms with van der Waals surface area (Å²) in [6, 6.07) is 8.03. The average Bonchev–Trinajstić information content (AvgIpc) is 2.65. The summed E-state index contributed by atoms with van der Waals surface area (Å²) in [7, 11) is 0. The number of ether oxygens (including phenoxy) is 2. The van der Waals surface area contributed by atoms with Gasteiger partial charge in [0.15, 0.2) is 0 Å². The normalized spacial score (nSPS) is 16.2. The second-order valence-corrected chi connectivity index (χ2v) is 6.23. The van der Waals surface area contributed by atoms with Gasteiger partial charge in [0.1, 0.15) is 12.4 Å². The quantitative estimate of drug-likeness (QED) is 0.606. The lowest BCUT2D eigenvalue weighted by Gasteiger charge is -2.23. The van der Waals surface area contributed by atoms with Crippen molar-refractivity contribution in [3.05, 3.63) is 29.8 Å². The van der Waals surface area contributed by atoms with Gasteiger partial charge in [0.05, 0.1) is 13.2 Å². The second-order valence-electron chi connectivity index (χ2n) is 6.23. The summed E-state index contributed by atoms with van der Waals surface area (Å²) in [5, 5.41) is 6.24. The van der Waals surface area contributed by atoms with Gasteiger partial charge in [-0.05, 0) is 30.8 Å². The molecule has 1 fully saturated rings. The Morgan fingerprint density at radius 2 is 1.96 bits per heavy atom. The van der Waals surface area contributed by atoms with Gasteiger partial charge >= 0.3 is 0 Å². The molecule has 0 saturated carbocycles. The predicted molar refractivity (Wildman–Crippen MR) is 113 cm³/mol. The molecular weight excluding hydrogens is 389 g/mol. The molecule has 2 N–H and O–H groups in total. The molecule has 1 heterocycles. The minimum absolute atomic E-state index is 0. The van der Waals surface area contributed by atoms with Crippen LogP contribution in [-0.2, 0) is 16.1 Å². The first-order valence-corrected chi connectivity index (χ1v) is 9.23. The van der Waals surface area contributed by atoms with Crippen LogP contribution in [0.3, 0.4) is 0 Å². The highest BCUT2D eigenvalue weighted by Gasteiger charge is 2.16. The zero-order chi connectivity index (χ0) is 17.9. The van der Waals surface area contributed by atoms with Gasteiger partial charge in [-0.3, -0.25) is 4.79 Å². The van der Waals surface area contributed by atoms with E-state index in [1.54, 1.807) is 0 Å². The van der Waals surface area contributed by atoms with Crippen LogP contribution in [0.2, 0.25) is 0 Å². The zero-order valence-corrected chi connectivity index (χ0v) is 17.9. The molecule has 1 amide bonds. The zero-order valence-electron chi connectivity index (χ0n) is 16.2. The van der Waals surface area contributed by atoms with Crippen LogP contribution >= 0.6 is 24.8 Å². The van der Waals surface area contributed by atoms with Crippen molar-refractivity contribution >= 4 is 30.7 Å². The molecule has 0 aliphatic carbocycles. The van der Waals surface area contributed by atoms with Crippen LogP contribution in [0.1, 0.15) is 25.8 Å². The maximum absolute atomic E-state index is 12.0. The van der Waals surface area contributed by atoms with Crippen LogP contribution in [0, 0.1) is 0 Å². The highest BCUT2D eigenvalue weighted by atomic mass is 35.5. The van der Waals surface area contributed by atoms with E-state index in [1.165, 1.54) is 0 Å². The Bertz CT molecular complexity index is 507. The van der Waals surface area contributed by atoms with Crippen LogP contribution in [0.25, 0.3) is 0 Å². The van der Waals surface area contributed by atoms with Crippen molar-refractivity contribution in [3.8, 4) is 5.75 Å². The first kappa shape index (κ1) is 26.0. The smallest absolute Gasteiger partial charge is 0.221 e. The van der Waals surface area contributed by atoms with Gasteiger partial charge in [0, 0.05) is 32.1 Å². The summed E-state index contributed by atoms with van der Waals surface area (Å²) < 4.78 is 11.1. The van der Waals surface area contributed by atoms with Crippen molar-refractivity contribution in [2.75, 3.05) is 46.0 Å². The number of carbonyl (C=O) groups excluding carboxylic acids is 1. The molecule has 1 saturated heterocycles. The summed E-state index contributed by atoms with van der Waals surface area (Å²) in [4.78, 5) is 14.3. The highest BCUT2D eigenvalue weighted by Crippen LogP contribution is 2.12. The standard InChI is InChI=1S/C19H31N3O3.2ClH/c1-3-22(4-2)10-12-25-18-7-5-16(6-8-18)14-21-19(23)13-17-15-24-11-9-20-17;;/h5-8,17,20H,3-4,9-15H2,1-2H3,(H,21,23);2*1H.